The minimum atomic E-state index is -0.490. The maximum atomic E-state index is 13.7. The fourth-order valence-electron chi connectivity index (χ4n) is 5.53. The summed E-state index contributed by atoms with van der Waals surface area (Å²) in [4.78, 5) is 29.4. The predicted octanol–water partition coefficient (Wildman–Crippen LogP) is 4.69. The summed E-state index contributed by atoms with van der Waals surface area (Å²) in [7, 11) is 0. The van der Waals surface area contributed by atoms with E-state index in [9.17, 15) is 9.59 Å². The van der Waals surface area contributed by atoms with Crippen molar-refractivity contribution in [1.29, 1.82) is 0 Å². The smallest absolute Gasteiger partial charge is 0.254 e. The molecule has 5 nitrogen and oxygen atoms in total. The molecule has 1 atom stereocenters. The number of rotatable bonds is 6. The Morgan fingerprint density at radius 3 is 2.50 bits per heavy atom. The monoisotopic (exact) mass is 428 g/mol. The van der Waals surface area contributed by atoms with Gasteiger partial charge in [0, 0.05) is 25.1 Å². The van der Waals surface area contributed by atoms with Crippen molar-refractivity contribution >= 4 is 11.8 Å². The van der Waals surface area contributed by atoms with Gasteiger partial charge >= 0.3 is 0 Å². The van der Waals surface area contributed by atoms with Crippen molar-refractivity contribution < 1.29 is 14.0 Å². The van der Waals surface area contributed by atoms with Gasteiger partial charge in [-0.3, -0.25) is 9.59 Å². The molecule has 1 N–H and O–H groups in total. The fourth-order valence-corrected chi connectivity index (χ4v) is 5.53. The Labute approximate surface area is 188 Å². The standard InChI is InChI=1S/C27H28N2O3/c30-25(28-17-14-21-11-8-18-32-21)24-22-12-4-5-13-23(22)26(31)29(27(24)15-6-7-16-27)19-20-9-2-1-3-10-20/h1-5,8-13,18,24H,6-7,14-17,19H2,(H,28,30)/t24-/m0/s1. The molecular weight excluding hydrogens is 400 g/mol. The van der Waals surface area contributed by atoms with Crippen LogP contribution in [-0.2, 0) is 17.8 Å². The number of nitrogens with zero attached hydrogens (tertiary/aromatic N) is 1. The zero-order chi connectivity index (χ0) is 22.0. The molecule has 2 aliphatic rings. The van der Waals surface area contributed by atoms with E-state index in [0.29, 0.717) is 25.1 Å². The van der Waals surface area contributed by atoms with Crippen molar-refractivity contribution in [3.8, 4) is 0 Å². The van der Waals surface area contributed by atoms with Crippen molar-refractivity contribution in [3.63, 3.8) is 0 Å². The first-order chi connectivity index (χ1) is 15.7. The molecule has 5 heteroatoms. The average Bonchev–Trinajstić information content (AvgIpc) is 3.51. The Morgan fingerprint density at radius 1 is 1.00 bits per heavy atom. The van der Waals surface area contributed by atoms with E-state index in [2.05, 4.69) is 17.4 Å². The van der Waals surface area contributed by atoms with E-state index in [4.69, 9.17) is 4.42 Å². The van der Waals surface area contributed by atoms with Crippen LogP contribution in [0.4, 0.5) is 0 Å². The number of amides is 2. The summed E-state index contributed by atoms with van der Waals surface area (Å²) in [6.07, 6.45) is 6.03. The van der Waals surface area contributed by atoms with Gasteiger partial charge in [0.15, 0.2) is 0 Å². The lowest BCUT2D eigenvalue weighted by Gasteiger charge is -2.50. The van der Waals surface area contributed by atoms with Crippen LogP contribution in [0.15, 0.2) is 77.4 Å². The van der Waals surface area contributed by atoms with Crippen LogP contribution in [0.25, 0.3) is 0 Å². The molecule has 164 valence electrons. The lowest BCUT2D eigenvalue weighted by Crippen LogP contribution is -2.60. The molecule has 0 saturated heterocycles. The minimum Gasteiger partial charge on any atom is -0.469 e. The van der Waals surface area contributed by atoms with Crippen molar-refractivity contribution in [2.24, 2.45) is 0 Å². The second-order valence-electron chi connectivity index (χ2n) is 8.83. The van der Waals surface area contributed by atoms with Crippen LogP contribution in [-0.4, -0.2) is 28.8 Å². The van der Waals surface area contributed by atoms with Crippen molar-refractivity contribution in [1.82, 2.24) is 10.2 Å². The molecule has 0 unspecified atom stereocenters. The van der Waals surface area contributed by atoms with Crippen LogP contribution < -0.4 is 5.32 Å². The highest BCUT2D eigenvalue weighted by molar-refractivity contribution is 6.02. The SMILES string of the molecule is O=C(NCCc1ccco1)[C@@H]1c2ccccc2C(=O)N(Cc2ccccc2)C12CCCC2. The molecule has 2 aromatic carbocycles. The molecule has 1 spiro atoms. The third kappa shape index (κ3) is 3.62. The highest BCUT2D eigenvalue weighted by atomic mass is 16.3. The average molecular weight is 429 g/mol. The van der Waals surface area contributed by atoms with Crippen LogP contribution in [0, 0.1) is 0 Å². The topological polar surface area (TPSA) is 62.6 Å². The van der Waals surface area contributed by atoms with Gasteiger partial charge in [0.05, 0.1) is 17.7 Å². The molecule has 1 aliphatic carbocycles. The number of hydrogen-bond acceptors (Lipinski definition) is 3. The molecule has 1 aromatic heterocycles. The van der Waals surface area contributed by atoms with Crippen molar-refractivity contribution in [2.45, 2.75) is 50.1 Å². The maximum absolute atomic E-state index is 13.7. The van der Waals surface area contributed by atoms with E-state index >= 15 is 0 Å². The van der Waals surface area contributed by atoms with Crippen molar-refractivity contribution in [2.75, 3.05) is 6.54 Å². The van der Waals surface area contributed by atoms with E-state index in [1.165, 1.54) is 0 Å². The number of fused-ring (bicyclic) bond motifs is 1. The number of carbonyl (C=O) groups excluding carboxylic acids is 2. The lowest BCUT2D eigenvalue weighted by atomic mass is 9.71. The molecule has 3 aromatic rings. The van der Waals surface area contributed by atoms with E-state index in [1.807, 2.05) is 59.5 Å². The lowest BCUT2D eigenvalue weighted by molar-refractivity contribution is -0.126. The highest BCUT2D eigenvalue weighted by Gasteiger charge is 2.55. The summed E-state index contributed by atoms with van der Waals surface area (Å²) in [6, 6.07) is 21.5. The molecule has 0 bridgehead atoms. The highest BCUT2D eigenvalue weighted by Crippen LogP contribution is 2.50. The third-order valence-corrected chi connectivity index (χ3v) is 6.99. The minimum absolute atomic E-state index is 0.00327. The summed E-state index contributed by atoms with van der Waals surface area (Å²) < 4.78 is 5.40. The zero-order valence-corrected chi connectivity index (χ0v) is 18.1. The fraction of sp³-hybridized carbons (Fsp3) is 0.333. The third-order valence-electron chi connectivity index (χ3n) is 6.99. The molecule has 1 fully saturated rings. The Bertz CT molecular complexity index is 1090. The van der Waals surface area contributed by atoms with Gasteiger partial charge < -0.3 is 14.6 Å². The Hall–Kier alpha value is -3.34. The van der Waals surface area contributed by atoms with E-state index < -0.39 is 5.54 Å². The van der Waals surface area contributed by atoms with Crippen LogP contribution in [0.3, 0.4) is 0 Å². The van der Waals surface area contributed by atoms with Gasteiger partial charge in [-0.25, -0.2) is 0 Å². The van der Waals surface area contributed by atoms with Crippen molar-refractivity contribution in [3.05, 3.63) is 95.4 Å². The first-order valence-electron chi connectivity index (χ1n) is 11.4. The first-order valence-corrected chi connectivity index (χ1v) is 11.4. The molecule has 5 rings (SSSR count). The number of furan rings is 1. The zero-order valence-electron chi connectivity index (χ0n) is 18.1. The van der Waals surface area contributed by atoms with E-state index in [-0.39, 0.29) is 17.7 Å². The van der Waals surface area contributed by atoms with Crippen LogP contribution in [0.2, 0.25) is 0 Å². The molecule has 2 heterocycles. The predicted molar refractivity (Wildman–Crippen MR) is 122 cm³/mol. The summed E-state index contributed by atoms with van der Waals surface area (Å²) >= 11 is 0. The quantitative estimate of drug-likeness (QED) is 0.620. The Balaban J connectivity index is 1.50. The van der Waals surface area contributed by atoms with Crippen LogP contribution >= 0.6 is 0 Å². The molecule has 2 amide bonds. The summed E-state index contributed by atoms with van der Waals surface area (Å²) in [5, 5.41) is 3.15. The number of carbonyl (C=O) groups is 2. The van der Waals surface area contributed by atoms with E-state index in [0.717, 1.165) is 42.6 Å². The first kappa shape index (κ1) is 20.6. The van der Waals surface area contributed by atoms with Gasteiger partial charge in [-0.1, -0.05) is 61.4 Å². The summed E-state index contributed by atoms with van der Waals surface area (Å²) in [5.41, 5.74) is 2.10. The number of nitrogens with one attached hydrogen (secondary N) is 1. The van der Waals surface area contributed by atoms with Gasteiger partial charge in [-0.15, -0.1) is 0 Å². The normalized spacial score (nSPS) is 19.2. The van der Waals surface area contributed by atoms with Gasteiger partial charge in [-0.05, 0) is 42.2 Å². The number of benzene rings is 2. The molecule has 1 saturated carbocycles. The number of hydrogen-bond donors (Lipinski definition) is 1. The maximum Gasteiger partial charge on any atom is 0.254 e. The van der Waals surface area contributed by atoms with Gasteiger partial charge in [0.25, 0.3) is 5.91 Å². The second-order valence-corrected chi connectivity index (χ2v) is 8.83. The van der Waals surface area contributed by atoms with E-state index in [1.54, 1.807) is 6.26 Å². The Morgan fingerprint density at radius 2 is 1.75 bits per heavy atom. The largest absolute Gasteiger partial charge is 0.469 e. The molecular formula is C27H28N2O3. The van der Waals surface area contributed by atoms with Gasteiger partial charge in [-0.2, -0.15) is 0 Å². The Kier molecular flexibility index (Phi) is 5.56. The molecule has 0 radical (unpaired) electrons. The van der Waals surface area contributed by atoms with Crippen LogP contribution in [0.5, 0.6) is 0 Å². The van der Waals surface area contributed by atoms with Gasteiger partial charge in [0.2, 0.25) is 5.91 Å². The summed E-state index contributed by atoms with van der Waals surface area (Å²) in [5.74, 6) is 0.507. The molecule has 1 aliphatic heterocycles. The molecule has 32 heavy (non-hydrogen) atoms. The summed E-state index contributed by atoms with van der Waals surface area (Å²) in [6.45, 7) is 1.03. The van der Waals surface area contributed by atoms with Crippen LogP contribution in [0.1, 0.15) is 58.8 Å². The van der Waals surface area contributed by atoms with Gasteiger partial charge in [0.1, 0.15) is 5.76 Å². The second kappa shape index (κ2) is 8.65.